The van der Waals surface area contributed by atoms with Crippen LogP contribution in [0.1, 0.15) is 20.3 Å². The Morgan fingerprint density at radius 3 is 2.38 bits per heavy atom. The van der Waals surface area contributed by atoms with Crippen LogP contribution in [0.5, 0.6) is 0 Å². The normalized spacial score (nSPS) is 15.0. The van der Waals surface area contributed by atoms with Crippen molar-refractivity contribution in [2.45, 2.75) is 26.6 Å². The monoisotopic (exact) mass is 239 g/mol. The summed E-state index contributed by atoms with van der Waals surface area (Å²) in [5, 5.41) is 8.72. The zero-order valence-corrected chi connectivity index (χ0v) is 8.93. The maximum absolute atomic E-state index is 11.7. The third-order valence-corrected chi connectivity index (χ3v) is 1.84. The minimum atomic E-state index is -4.76. The summed E-state index contributed by atoms with van der Waals surface area (Å²) in [6, 6.07) is 1.63. The quantitative estimate of drug-likeness (QED) is 0.688. The minimum absolute atomic E-state index is 0.0657. The lowest BCUT2D eigenvalue weighted by atomic mass is 9.89. The number of hydrogen-bond donors (Lipinski definition) is 0. The molecule has 0 fully saturated rings. The Labute approximate surface area is 90.9 Å². The van der Waals surface area contributed by atoms with E-state index in [0.29, 0.717) is 0 Å². The van der Waals surface area contributed by atoms with Crippen molar-refractivity contribution in [2.75, 3.05) is 13.2 Å². The van der Waals surface area contributed by atoms with Crippen LogP contribution in [0.25, 0.3) is 0 Å². The van der Waals surface area contributed by atoms with Gasteiger partial charge in [-0.2, -0.15) is 5.26 Å². The highest BCUT2D eigenvalue weighted by atomic mass is 19.4. The minimum Gasteiger partial charge on any atom is -0.465 e. The second-order valence-electron chi connectivity index (χ2n) is 3.21. The second kappa shape index (κ2) is 5.70. The van der Waals surface area contributed by atoms with Gasteiger partial charge in [-0.1, -0.05) is 0 Å². The van der Waals surface area contributed by atoms with Gasteiger partial charge in [-0.15, -0.1) is 13.2 Å². The van der Waals surface area contributed by atoms with E-state index in [1.54, 1.807) is 13.0 Å². The van der Waals surface area contributed by atoms with Gasteiger partial charge in [0.1, 0.15) is 0 Å². The fourth-order valence-electron chi connectivity index (χ4n) is 0.865. The molecule has 0 saturated heterocycles. The lowest BCUT2D eigenvalue weighted by molar-refractivity contribution is -0.325. The van der Waals surface area contributed by atoms with Crippen LogP contribution < -0.4 is 0 Å². The van der Waals surface area contributed by atoms with E-state index in [-0.39, 0.29) is 13.0 Å². The second-order valence-corrected chi connectivity index (χ2v) is 3.21. The van der Waals surface area contributed by atoms with Crippen molar-refractivity contribution >= 4 is 5.97 Å². The van der Waals surface area contributed by atoms with E-state index in [1.165, 1.54) is 6.92 Å². The van der Waals surface area contributed by atoms with Crippen molar-refractivity contribution in [2.24, 2.45) is 5.41 Å². The predicted molar refractivity (Wildman–Crippen MR) is 47.0 cm³/mol. The van der Waals surface area contributed by atoms with Crippen molar-refractivity contribution in [1.82, 2.24) is 0 Å². The summed E-state index contributed by atoms with van der Waals surface area (Å²) in [6.07, 6.45) is -5.13. The molecule has 1 unspecified atom stereocenters. The number of halogens is 3. The molecule has 4 nitrogen and oxygen atoms in total. The molecule has 0 aliphatic heterocycles. The number of carbonyl (C=O) groups excluding carboxylic acids is 1. The van der Waals surface area contributed by atoms with Crippen LogP contribution >= 0.6 is 0 Å². The molecule has 0 N–H and O–H groups in total. The highest BCUT2D eigenvalue weighted by Gasteiger charge is 2.37. The van der Waals surface area contributed by atoms with Gasteiger partial charge < -0.3 is 4.74 Å². The number of esters is 1. The standard InChI is InChI=1S/C9H12F3NO3/c1-3-15-7(14)8(2,6-13)4-5-16-9(10,11)12/h3-5H2,1-2H3. The van der Waals surface area contributed by atoms with E-state index in [2.05, 4.69) is 9.47 Å². The molecule has 7 heteroatoms. The first-order chi connectivity index (χ1) is 7.25. The smallest absolute Gasteiger partial charge is 0.465 e. The number of rotatable bonds is 5. The highest BCUT2D eigenvalue weighted by molar-refractivity contribution is 5.79. The number of ether oxygens (including phenoxy) is 2. The molecule has 1 atom stereocenters. The Morgan fingerprint density at radius 2 is 2.00 bits per heavy atom. The van der Waals surface area contributed by atoms with Gasteiger partial charge in [-0.25, -0.2) is 0 Å². The van der Waals surface area contributed by atoms with Crippen LogP contribution in [0.3, 0.4) is 0 Å². The van der Waals surface area contributed by atoms with Gasteiger partial charge in [-0.05, 0) is 13.8 Å². The topological polar surface area (TPSA) is 59.3 Å². The van der Waals surface area contributed by atoms with E-state index in [1.807, 2.05) is 0 Å². The molecule has 0 radical (unpaired) electrons. The van der Waals surface area contributed by atoms with Crippen LogP contribution in [-0.2, 0) is 14.3 Å². The van der Waals surface area contributed by atoms with Gasteiger partial charge in [0, 0.05) is 6.42 Å². The van der Waals surface area contributed by atoms with Gasteiger partial charge in [0.2, 0.25) is 0 Å². The maximum atomic E-state index is 11.7. The highest BCUT2D eigenvalue weighted by Crippen LogP contribution is 2.25. The predicted octanol–water partition coefficient (Wildman–Crippen LogP) is 2.01. The zero-order valence-electron chi connectivity index (χ0n) is 8.93. The maximum Gasteiger partial charge on any atom is 0.522 e. The van der Waals surface area contributed by atoms with Crippen LogP contribution in [-0.4, -0.2) is 25.5 Å². The Kier molecular flexibility index (Phi) is 5.24. The summed E-state index contributed by atoms with van der Waals surface area (Å²) in [5.41, 5.74) is -1.61. The van der Waals surface area contributed by atoms with Crippen molar-refractivity contribution in [3.8, 4) is 6.07 Å². The Bertz CT molecular complexity index is 285. The first kappa shape index (κ1) is 14.7. The Balaban J connectivity index is 4.29. The average Bonchev–Trinajstić information content (AvgIpc) is 2.15. The van der Waals surface area contributed by atoms with Gasteiger partial charge in [0.05, 0.1) is 19.3 Å². The van der Waals surface area contributed by atoms with Crippen LogP contribution in [0.15, 0.2) is 0 Å². The summed E-state index contributed by atoms with van der Waals surface area (Å²) < 4.78 is 43.1. The summed E-state index contributed by atoms with van der Waals surface area (Å²) >= 11 is 0. The first-order valence-electron chi connectivity index (χ1n) is 4.54. The van der Waals surface area contributed by atoms with E-state index in [4.69, 9.17) is 5.26 Å². The van der Waals surface area contributed by atoms with Crippen LogP contribution in [0, 0.1) is 16.7 Å². The Morgan fingerprint density at radius 1 is 1.44 bits per heavy atom. The van der Waals surface area contributed by atoms with E-state index in [9.17, 15) is 18.0 Å². The molecule has 0 aromatic carbocycles. The number of nitriles is 1. The molecule has 0 heterocycles. The van der Waals surface area contributed by atoms with E-state index < -0.39 is 24.4 Å². The van der Waals surface area contributed by atoms with Gasteiger partial charge in [-0.3, -0.25) is 9.53 Å². The fraction of sp³-hybridized carbons (Fsp3) is 0.778. The molecular formula is C9H12F3NO3. The summed E-state index contributed by atoms with van der Waals surface area (Å²) in [5.74, 6) is -0.844. The van der Waals surface area contributed by atoms with Crippen LogP contribution in [0.4, 0.5) is 13.2 Å². The van der Waals surface area contributed by atoms with Gasteiger partial charge >= 0.3 is 12.3 Å². The first-order valence-corrected chi connectivity index (χ1v) is 4.54. The number of hydrogen-bond acceptors (Lipinski definition) is 4. The summed E-state index contributed by atoms with van der Waals surface area (Å²) in [4.78, 5) is 11.3. The Hall–Kier alpha value is -1.29. The summed E-state index contributed by atoms with van der Waals surface area (Å²) in [7, 11) is 0. The van der Waals surface area contributed by atoms with Crippen molar-refractivity contribution in [3.05, 3.63) is 0 Å². The van der Waals surface area contributed by atoms with Crippen molar-refractivity contribution in [1.29, 1.82) is 5.26 Å². The fourth-order valence-corrected chi connectivity index (χ4v) is 0.865. The molecule has 92 valence electrons. The lowest BCUT2D eigenvalue weighted by Crippen LogP contribution is -2.31. The molecule has 0 aromatic heterocycles. The van der Waals surface area contributed by atoms with Gasteiger partial charge in [0.15, 0.2) is 5.41 Å². The SMILES string of the molecule is CCOC(=O)C(C)(C#N)CCOC(F)(F)F. The third-order valence-electron chi connectivity index (χ3n) is 1.84. The average molecular weight is 239 g/mol. The molecule has 0 bridgehead atoms. The molecule has 0 spiro atoms. The van der Waals surface area contributed by atoms with Crippen molar-refractivity contribution < 1.29 is 27.4 Å². The van der Waals surface area contributed by atoms with Crippen LogP contribution in [0.2, 0.25) is 0 Å². The van der Waals surface area contributed by atoms with E-state index in [0.717, 1.165) is 0 Å². The molecule has 0 amide bonds. The molecule has 0 aromatic rings. The number of alkyl halides is 3. The third kappa shape index (κ3) is 4.98. The van der Waals surface area contributed by atoms with Crippen molar-refractivity contribution in [3.63, 3.8) is 0 Å². The van der Waals surface area contributed by atoms with Gasteiger partial charge in [0.25, 0.3) is 0 Å². The lowest BCUT2D eigenvalue weighted by Gasteiger charge is -2.19. The molecular weight excluding hydrogens is 227 g/mol. The molecule has 0 rings (SSSR count). The molecule has 0 aliphatic rings. The number of nitrogens with zero attached hydrogens (tertiary/aromatic N) is 1. The van der Waals surface area contributed by atoms with E-state index >= 15 is 0 Å². The number of carbonyl (C=O) groups is 1. The molecule has 16 heavy (non-hydrogen) atoms. The molecule has 0 aliphatic carbocycles. The zero-order chi connectivity index (χ0) is 12.8. The largest absolute Gasteiger partial charge is 0.522 e. The summed E-state index contributed by atoms with van der Waals surface area (Å²) in [6.45, 7) is 2.06. The molecule has 0 saturated carbocycles.